The van der Waals surface area contributed by atoms with Gasteiger partial charge in [-0.3, -0.25) is 0 Å². The Hall–Kier alpha value is -1.20. The molecule has 98 valence electrons. The fraction of sp³-hybridized carbons (Fsp3) is 0.333. The van der Waals surface area contributed by atoms with Crippen molar-refractivity contribution >= 4 is 34.1 Å². The number of halogens is 1. The summed E-state index contributed by atoms with van der Waals surface area (Å²) in [5.41, 5.74) is 1.36. The van der Waals surface area contributed by atoms with Gasteiger partial charge in [-0.25, -0.2) is 9.59 Å². The number of carbonyl (C=O) groups is 2. The molecule has 0 atom stereocenters. The molecule has 0 saturated carbocycles. The number of ether oxygens (including phenoxy) is 1. The Bertz CT molecular complexity index is 436. The maximum atomic E-state index is 11.5. The summed E-state index contributed by atoms with van der Waals surface area (Å²) in [6.07, 6.45) is -1.14. The molecule has 0 radical (unpaired) electrons. The van der Waals surface area contributed by atoms with Crippen molar-refractivity contribution < 1.29 is 18.5 Å². The fourth-order valence-electron chi connectivity index (χ4n) is 1.28. The molecule has 0 spiro atoms. The van der Waals surface area contributed by atoms with Gasteiger partial charge in [0.05, 0.1) is 5.56 Å². The lowest BCUT2D eigenvalue weighted by Crippen LogP contribution is -2.13. The van der Waals surface area contributed by atoms with Crippen LogP contribution in [0, 0.1) is 0 Å². The third-order valence-electron chi connectivity index (χ3n) is 2.26. The molecule has 0 amide bonds. The highest BCUT2D eigenvalue weighted by atomic mass is 35.7. The van der Waals surface area contributed by atoms with E-state index in [4.69, 9.17) is 10.7 Å². The van der Waals surface area contributed by atoms with Crippen molar-refractivity contribution in [2.24, 2.45) is 0 Å². The first-order valence-electron chi connectivity index (χ1n) is 5.16. The molecule has 0 N–H and O–H groups in total. The standard InChI is InChI=1S/C12H13ClO4S/c1-12(2,3)9-6-4-8(5-7-9)10(14)16-11(15)17-18-13/h4-7H,1-3H3. The molecule has 6 heteroatoms. The summed E-state index contributed by atoms with van der Waals surface area (Å²) in [5.74, 6) is -0.772. The Kier molecular flexibility index (Phi) is 5.04. The minimum absolute atomic E-state index is 0.00334. The van der Waals surface area contributed by atoms with Gasteiger partial charge in [-0.05, 0) is 23.1 Å². The van der Waals surface area contributed by atoms with Crippen molar-refractivity contribution in [1.29, 1.82) is 0 Å². The van der Waals surface area contributed by atoms with Gasteiger partial charge in [-0.1, -0.05) is 32.9 Å². The van der Waals surface area contributed by atoms with E-state index >= 15 is 0 Å². The van der Waals surface area contributed by atoms with Crippen LogP contribution in [-0.4, -0.2) is 12.1 Å². The van der Waals surface area contributed by atoms with E-state index in [0.717, 1.165) is 5.56 Å². The second-order valence-electron chi connectivity index (χ2n) is 4.61. The first kappa shape index (κ1) is 14.9. The molecule has 0 unspecified atom stereocenters. The molecule has 0 aromatic heterocycles. The molecule has 0 aliphatic carbocycles. The second-order valence-corrected chi connectivity index (χ2v) is 5.28. The Morgan fingerprint density at radius 2 is 1.72 bits per heavy atom. The van der Waals surface area contributed by atoms with Crippen LogP contribution in [0.5, 0.6) is 0 Å². The molecule has 18 heavy (non-hydrogen) atoms. The Labute approximate surface area is 114 Å². The molecule has 0 saturated heterocycles. The monoisotopic (exact) mass is 288 g/mol. The molecule has 1 rings (SSSR count). The molecule has 1 aromatic rings. The maximum Gasteiger partial charge on any atom is 0.530 e. The quantitative estimate of drug-likeness (QED) is 0.466. The van der Waals surface area contributed by atoms with Gasteiger partial charge in [0, 0.05) is 10.7 Å². The van der Waals surface area contributed by atoms with Crippen LogP contribution in [0.2, 0.25) is 0 Å². The van der Waals surface area contributed by atoms with E-state index in [1.807, 2.05) is 12.1 Å². The zero-order valence-corrected chi connectivity index (χ0v) is 11.8. The predicted molar refractivity (Wildman–Crippen MR) is 70.5 cm³/mol. The topological polar surface area (TPSA) is 52.6 Å². The predicted octanol–water partition coefficient (Wildman–Crippen LogP) is 4.08. The minimum atomic E-state index is -1.14. The highest BCUT2D eigenvalue weighted by Gasteiger charge is 2.17. The van der Waals surface area contributed by atoms with Gasteiger partial charge in [0.1, 0.15) is 0 Å². The minimum Gasteiger partial charge on any atom is -0.356 e. The molecule has 0 fully saturated rings. The van der Waals surface area contributed by atoms with Crippen molar-refractivity contribution in [2.45, 2.75) is 26.2 Å². The summed E-state index contributed by atoms with van der Waals surface area (Å²) >= 11 is 0.298. The number of hydrogen-bond donors (Lipinski definition) is 0. The molecule has 1 aromatic carbocycles. The fourth-order valence-corrected chi connectivity index (χ4v) is 1.52. The largest absolute Gasteiger partial charge is 0.530 e. The van der Waals surface area contributed by atoms with Gasteiger partial charge >= 0.3 is 12.1 Å². The van der Waals surface area contributed by atoms with Gasteiger partial charge in [0.2, 0.25) is 0 Å². The zero-order chi connectivity index (χ0) is 13.8. The van der Waals surface area contributed by atoms with E-state index in [0.29, 0.717) is 11.3 Å². The summed E-state index contributed by atoms with van der Waals surface area (Å²) in [6, 6.07) is 6.84. The summed E-state index contributed by atoms with van der Waals surface area (Å²) < 4.78 is 8.61. The van der Waals surface area contributed by atoms with Gasteiger partial charge in [0.15, 0.2) is 11.3 Å². The maximum absolute atomic E-state index is 11.5. The van der Waals surface area contributed by atoms with E-state index in [1.54, 1.807) is 12.1 Å². The lowest BCUT2D eigenvalue weighted by atomic mass is 9.87. The lowest BCUT2D eigenvalue weighted by molar-refractivity contribution is 0.0547. The molecule has 0 aliphatic heterocycles. The van der Waals surface area contributed by atoms with Crippen molar-refractivity contribution in [1.82, 2.24) is 0 Å². The summed E-state index contributed by atoms with van der Waals surface area (Å²) in [5, 5.41) is 0. The smallest absolute Gasteiger partial charge is 0.356 e. The molecule has 4 nitrogen and oxygen atoms in total. The van der Waals surface area contributed by atoms with Crippen LogP contribution >= 0.6 is 21.9 Å². The van der Waals surface area contributed by atoms with Crippen LogP contribution in [-0.2, 0) is 14.3 Å². The lowest BCUT2D eigenvalue weighted by Gasteiger charge is -2.18. The Morgan fingerprint density at radius 1 is 1.17 bits per heavy atom. The van der Waals surface area contributed by atoms with Crippen LogP contribution < -0.4 is 0 Å². The van der Waals surface area contributed by atoms with E-state index in [9.17, 15) is 9.59 Å². The highest BCUT2D eigenvalue weighted by molar-refractivity contribution is 8.17. The van der Waals surface area contributed by atoms with Crippen LogP contribution in [0.15, 0.2) is 24.3 Å². The summed E-state index contributed by atoms with van der Waals surface area (Å²) in [4.78, 5) is 22.4. The molecular formula is C12H13ClO4S. The summed E-state index contributed by atoms with van der Waals surface area (Å²) in [7, 11) is 5.08. The Balaban J connectivity index is 2.74. The van der Waals surface area contributed by atoms with Crippen LogP contribution in [0.4, 0.5) is 4.79 Å². The number of rotatable bonds is 2. The second kappa shape index (κ2) is 6.11. The molecule has 0 aliphatic rings. The van der Waals surface area contributed by atoms with Crippen molar-refractivity contribution in [2.75, 3.05) is 0 Å². The average molecular weight is 289 g/mol. The van der Waals surface area contributed by atoms with E-state index in [1.165, 1.54) is 0 Å². The van der Waals surface area contributed by atoms with Crippen molar-refractivity contribution in [3.05, 3.63) is 35.4 Å². The Morgan fingerprint density at radius 3 is 2.17 bits per heavy atom. The number of hydrogen-bond acceptors (Lipinski definition) is 5. The highest BCUT2D eigenvalue weighted by Crippen LogP contribution is 2.22. The number of benzene rings is 1. The number of carbonyl (C=O) groups excluding carboxylic acids is 2. The van der Waals surface area contributed by atoms with Crippen LogP contribution in [0.3, 0.4) is 0 Å². The van der Waals surface area contributed by atoms with Gasteiger partial charge in [0.25, 0.3) is 0 Å². The first-order valence-corrected chi connectivity index (χ1v) is 6.73. The zero-order valence-electron chi connectivity index (χ0n) is 10.2. The normalized spacial score (nSPS) is 10.9. The third kappa shape index (κ3) is 4.23. The van der Waals surface area contributed by atoms with Crippen molar-refractivity contribution in [3.8, 4) is 0 Å². The number of esters is 1. The van der Waals surface area contributed by atoms with E-state index in [-0.39, 0.29) is 11.0 Å². The van der Waals surface area contributed by atoms with E-state index in [2.05, 4.69) is 29.7 Å². The van der Waals surface area contributed by atoms with Gasteiger partial charge < -0.3 is 8.92 Å². The van der Waals surface area contributed by atoms with Crippen LogP contribution in [0.1, 0.15) is 36.7 Å². The van der Waals surface area contributed by atoms with E-state index < -0.39 is 12.1 Å². The van der Waals surface area contributed by atoms with Gasteiger partial charge in [-0.15, -0.1) is 0 Å². The average Bonchev–Trinajstić information content (AvgIpc) is 2.28. The molecular weight excluding hydrogens is 276 g/mol. The molecule has 0 bridgehead atoms. The molecule has 0 heterocycles. The van der Waals surface area contributed by atoms with Crippen LogP contribution in [0.25, 0.3) is 0 Å². The first-order chi connectivity index (χ1) is 8.34. The van der Waals surface area contributed by atoms with Crippen molar-refractivity contribution in [3.63, 3.8) is 0 Å². The van der Waals surface area contributed by atoms with Gasteiger partial charge in [-0.2, -0.15) is 0 Å². The third-order valence-corrected chi connectivity index (χ3v) is 2.65. The SMILES string of the molecule is CC(C)(C)c1ccc(C(=O)OC(=O)OSCl)cc1. The summed E-state index contributed by atoms with van der Waals surface area (Å²) in [6.45, 7) is 6.19.